The minimum Gasteiger partial charge on any atom is -0.504 e. The second kappa shape index (κ2) is 5.54. The number of nitrogens with one attached hydrogen (secondary N) is 1. The van der Waals surface area contributed by atoms with Crippen LogP contribution in [0.3, 0.4) is 0 Å². The first kappa shape index (κ1) is 13.3. The second-order valence-electron chi connectivity index (χ2n) is 4.16. The molecule has 0 aliphatic rings. The van der Waals surface area contributed by atoms with Gasteiger partial charge in [0.15, 0.2) is 11.5 Å². The van der Waals surface area contributed by atoms with Gasteiger partial charge in [0.25, 0.3) is 5.91 Å². The second-order valence-corrected chi connectivity index (χ2v) is 4.16. The van der Waals surface area contributed by atoms with Gasteiger partial charge in [0.1, 0.15) is 0 Å². The molecule has 0 aliphatic heterocycles. The first-order valence-corrected chi connectivity index (χ1v) is 5.41. The molecule has 2 atom stereocenters. The van der Waals surface area contributed by atoms with Gasteiger partial charge < -0.3 is 20.6 Å². The van der Waals surface area contributed by atoms with Crippen molar-refractivity contribution in [3.05, 3.63) is 23.8 Å². The molecular formula is C12H17NO4. The number of benzene rings is 1. The fraction of sp³-hybridized carbons (Fsp3) is 0.417. The fourth-order valence-electron chi connectivity index (χ4n) is 1.54. The van der Waals surface area contributed by atoms with Crippen LogP contribution in [0.1, 0.15) is 30.6 Å². The predicted octanol–water partition coefficient (Wildman–Crippen LogP) is 0.987. The van der Waals surface area contributed by atoms with Crippen LogP contribution in [0, 0.1) is 0 Å². The normalized spacial score (nSPS) is 14.1. The SMILES string of the molecule is CC(O)CC(C)NC(=O)c1ccc(O)c(O)c1. The van der Waals surface area contributed by atoms with Gasteiger partial charge in [-0.3, -0.25) is 4.79 Å². The first-order valence-electron chi connectivity index (χ1n) is 5.41. The zero-order valence-electron chi connectivity index (χ0n) is 9.84. The van der Waals surface area contributed by atoms with Crippen molar-refractivity contribution < 1.29 is 20.1 Å². The lowest BCUT2D eigenvalue weighted by Gasteiger charge is -2.15. The zero-order chi connectivity index (χ0) is 13.0. The Balaban J connectivity index is 2.66. The molecule has 0 spiro atoms. The number of amides is 1. The molecule has 0 bridgehead atoms. The van der Waals surface area contributed by atoms with Crippen molar-refractivity contribution in [1.82, 2.24) is 5.32 Å². The fourth-order valence-corrected chi connectivity index (χ4v) is 1.54. The van der Waals surface area contributed by atoms with Gasteiger partial charge in [0.05, 0.1) is 6.10 Å². The lowest BCUT2D eigenvalue weighted by molar-refractivity contribution is 0.0922. The van der Waals surface area contributed by atoms with Crippen molar-refractivity contribution in [2.45, 2.75) is 32.4 Å². The number of aromatic hydroxyl groups is 2. The van der Waals surface area contributed by atoms with Gasteiger partial charge in [-0.1, -0.05) is 0 Å². The largest absolute Gasteiger partial charge is 0.504 e. The molecule has 1 amide bonds. The number of carbonyl (C=O) groups excluding carboxylic acids is 1. The van der Waals surface area contributed by atoms with Crippen LogP contribution in [-0.2, 0) is 0 Å². The number of carbonyl (C=O) groups is 1. The van der Waals surface area contributed by atoms with Gasteiger partial charge in [-0.15, -0.1) is 0 Å². The van der Waals surface area contributed by atoms with Gasteiger partial charge in [-0.05, 0) is 38.5 Å². The zero-order valence-corrected chi connectivity index (χ0v) is 9.84. The minimum atomic E-state index is -0.487. The molecule has 0 aliphatic carbocycles. The maximum absolute atomic E-state index is 11.7. The van der Waals surface area contributed by atoms with E-state index >= 15 is 0 Å². The molecule has 5 nitrogen and oxygen atoms in total. The summed E-state index contributed by atoms with van der Waals surface area (Å²) in [4.78, 5) is 11.7. The minimum absolute atomic E-state index is 0.168. The van der Waals surface area contributed by atoms with E-state index in [1.807, 2.05) is 0 Å². The number of aliphatic hydroxyl groups is 1. The summed E-state index contributed by atoms with van der Waals surface area (Å²) >= 11 is 0. The third-order valence-corrected chi connectivity index (χ3v) is 2.31. The summed E-state index contributed by atoms with van der Waals surface area (Å²) < 4.78 is 0. The van der Waals surface area contributed by atoms with E-state index in [0.717, 1.165) is 0 Å². The number of phenols is 2. The van der Waals surface area contributed by atoms with E-state index in [0.29, 0.717) is 6.42 Å². The summed E-state index contributed by atoms with van der Waals surface area (Å²) in [5.41, 5.74) is 0.262. The van der Waals surface area contributed by atoms with Crippen LogP contribution in [0.2, 0.25) is 0 Å². The van der Waals surface area contributed by atoms with Gasteiger partial charge in [-0.25, -0.2) is 0 Å². The van der Waals surface area contributed by atoms with Crippen LogP contribution in [0.25, 0.3) is 0 Å². The monoisotopic (exact) mass is 239 g/mol. The summed E-state index contributed by atoms with van der Waals surface area (Å²) in [7, 11) is 0. The highest BCUT2D eigenvalue weighted by Gasteiger charge is 2.13. The van der Waals surface area contributed by atoms with E-state index in [-0.39, 0.29) is 29.0 Å². The van der Waals surface area contributed by atoms with Crippen LogP contribution >= 0.6 is 0 Å². The van der Waals surface area contributed by atoms with E-state index in [2.05, 4.69) is 5.32 Å². The summed E-state index contributed by atoms with van der Waals surface area (Å²) in [5.74, 6) is -0.951. The Kier molecular flexibility index (Phi) is 4.34. The Morgan fingerprint density at radius 3 is 2.47 bits per heavy atom. The number of hydrogen-bond acceptors (Lipinski definition) is 4. The van der Waals surface area contributed by atoms with Crippen molar-refractivity contribution in [3.63, 3.8) is 0 Å². The maximum Gasteiger partial charge on any atom is 0.251 e. The number of aliphatic hydroxyl groups excluding tert-OH is 1. The molecular weight excluding hydrogens is 222 g/mol. The quantitative estimate of drug-likeness (QED) is 0.590. The van der Waals surface area contributed by atoms with Crippen LogP contribution in [-0.4, -0.2) is 33.4 Å². The Morgan fingerprint density at radius 1 is 1.29 bits per heavy atom. The maximum atomic E-state index is 11.7. The van der Waals surface area contributed by atoms with E-state index in [9.17, 15) is 9.90 Å². The average Bonchev–Trinajstić information content (AvgIpc) is 2.20. The standard InChI is InChI=1S/C12H17NO4/c1-7(5-8(2)14)13-12(17)9-3-4-10(15)11(16)6-9/h3-4,6-8,14-16H,5H2,1-2H3,(H,13,17). The highest BCUT2D eigenvalue weighted by atomic mass is 16.3. The van der Waals surface area contributed by atoms with Gasteiger partial charge in [0, 0.05) is 11.6 Å². The molecule has 5 heteroatoms. The molecule has 4 N–H and O–H groups in total. The molecule has 1 aromatic rings. The van der Waals surface area contributed by atoms with Crippen molar-refractivity contribution in [3.8, 4) is 11.5 Å². The van der Waals surface area contributed by atoms with E-state index < -0.39 is 6.10 Å². The smallest absolute Gasteiger partial charge is 0.251 e. The van der Waals surface area contributed by atoms with Crippen LogP contribution < -0.4 is 5.32 Å². The molecule has 17 heavy (non-hydrogen) atoms. The highest BCUT2D eigenvalue weighted by Crippen LogP contribution is 2.24. The summed E-state index contributed by atoms with van der Waals surface area (Å²) in [6.07, 6.45) is -0.0333. The van der Waals surface area contributed by atoms with E-state index in [4.69, 9.17) is 10.2 Å². The number of rotatable bonds is 4. The Bertz CT molecular complexity index is 403. The lowest BCUT2D eigenvalue weighted by atomic mass is 10.1. The summed E-state index contributed by atoms with van der Waals surface area (Å²) in [5, 5.41) is 30.2. The van der Waals surface area contributed by atoms with Crippen LogP contribution in [0.5, 0.6) is 11.5 Å². The molecule has 0 saturated carbocycles. The molecule has 94 valence electrons. The van der Waals surface area contributed by atoms with Crippen molar-refractivity contribution in [2.75, 3.05) is 0 Å². The van der Waals surface area contributed by atoms with E-state index in [1.54, 1.807) is 13.8 Å². The van der Waals surface area contributed by atoms with Crippen molar-refractivity contribution >= 4 is 5.91 Å². The molecule has 0 fully saturated rings. The summed E-state index contributed by atoms with van der Waals surface area (Å²) in [6, 6.07) is 3.70. The van der Waals surface area contributed by atoms with Gasteiger partial charge >= 0.3 is 0 Å². The van der Waals surface area contributed by atoms with Gasteiger partial charge in [-0.2, -0.15) is 0 Å². The topological polar surface area (TPSA) is 89.8 Å². The van der Waals surface area contributed by atoms with E-state index in [1.165, 1.54) is 18.2 Å². The Labute approximate surface area is 99.7 Å². The predicted molar refractivity (Wildman–Crippen MR) is 63.0 cm³/mol. The molecule has 0 aromatic heterocycles. The summed E-state index contributed by atoms with van der Waals surface area (Å²) in [6.45, 7) is 3.43. The highest BCUT2D eigenvalue weighted by molar-refractivity contribution is 5.95. The number of phenolic OH excluding ortho intramolecular Hbond substituents is 2. The first-order chi connectivity index (χ1) is 7.90. The van der Waals surface area contributed by atoms with Crippen LogP contribution in [0.15, 0.2) is 18.2 Å². The molecule has 1 rings (SSSR count). The van der Waals surface area contributed by atoms with Crippen molar-refractivity contribution in [2.24, 2.45) is 0 Å². The molecule has 0 heterocycles. The average molecular weight is 239 g/mol. The van der Waals surface area contributed by atoms with Gasteiger partial charge in [0.2, 0.25) is 0 Å². The molecule has 1 aromatic carbocycles. The Hall–Kier alpha value is -1.75. The molecule has 0 saturated heterocycles. The third kappa shape index (κ3) is 3.96. The Morgan fingerprint density at radius 2 is 1.94 bits per heavy atom. The molecule has 0 radical (unpaired) electrons. The number of hydrogen-bond donors (Lipinski definition) is 4. The third-order valence-electron chi connectivity index (χ3n) is 2.31. The van der Waals surface area contributed by atoms with Crippen molar-refractivity contribution in [1.29, 1.82) is 0 Å². The lowest BCUT2D eigenvalue weighted by Crippen LogP contribution is -2.34. The molecule has 2 unspecified atom stereocenters. The van der Waals surface area contributed by atoms with Crippen LogP contribution in [0.4, 0.5) is 0 Å².